The first kappa shape index (κ1) is 15.5. The van der Waals surface area contributed by atoms with Crippen molar-refractivity contribution in [2.45, 2.75) is 37.6 Å². The van der Waals surface area contributed by atoms with Gasteiger partial charge in [0.1, 0.15) is 0 Å². The molecule has 0 aromatic heterocycles. The highest BCUT2D eigenvalue weighted by Gasteiger charge is 2.38. The molecule has 1 aliphatic rings. The molecule has 2 rings (SSSR count). The molecule has 1 N–H and O–H groups in total. The van der Waals surface area contributed by atoms with E-state index in [-0.39, 0.29) is 11.4 Å². The van der Waals surface area contributed by atoms with Crippen LogP contribution in [0.2, 0.25) is 0 Å². The van der Waals surface area contributed by atoms with E-state index in [1.54, 1.807) is 0 Å². The molecule has 1 fully saturated rings. The number of rotatable bonds is 4. The summed E-state index contributed by atoms with van der Waals surface area (Å²) in [6, 6.07) is 9.92. The van der Waals surface area contributed by atoms with Crippen LogP contribution in [0.1, 0.15) is 32.3 Å². The van der Waals surface area contributed by atoms with Crippen LogP contribution in [0, 0.1) is 0 Å². The molecule has 1 aliphatic heterocycles. The van der Waals surface area contributed by atoms with Crippen LogP contribution < -0.4 is 5.32 Å². The third-order valence-corrected chi connectivity index (χ3v) is 5.22. The van der Waals surface area contributed by atoms with E-state index in [0.717, 1.165) is 23.7 Å². The van der Waals surface area contributed by atoms with Crippen molar-refractivity contribution in [3.63, 3.8) is 0 Å². The lowest BCUT2D eigenvalue weighted by molar-refractivity contribution is -0.128. The van der Waals surface area contributed by atoms with E-state index in [2.05, 4.69) is 21.2 Å². The summed E-state index contributed by atoms with van der Waals surface area (Å²) in [5.74, 6) is 0.0741. The van der Waals surface area contributed by atoms with Crippen molar-refractivity contribution in [3.05, 3.63) is 35.9 Å². The lowest BCUT2D eigenvalue weighted by Gasteiger charge is -2.39. The average Bonchev–Trinajstić information content (AvgIpc) is 2.49. The molecule has 1 aromatic rings. The third kappa shape index (κ3) is 3.23. The van der Waals surface area contributed by atoms with Crippen LogP contribution in [0.4, 0.5) is 0 Å². The largest absolute Gasteiger partial charge is 0.381 e. The normalized spacial score (nSPS) is 18.6. The Hall–Kier alpha value is -0.870. The summed E-state index contributed by atoms with van der Waals surface area (Å²) in [6.07, 6.45) is 1.71. The summed E-state index contributed by atoms with van der Waals surface area (Å²) in [6.45, 7) is 5.35. The lowest BCUT2D eigenvalue weighted by Crippen LogP contribution is -2.57. The number of carbonyl (C=O) groups excluding carboxylic acids is 1. The highest BCUT2D eigenvalue weighted by Crippen LogP contribution is 2.28. The van der Waals surface area contributed by atoms with Gasteiger partial charge in [0.25, 0.3) is 0 Å². The standard InChI is InChI=1S/C16H22BrNO2/c1-15(2,13-6-4-3-5-7-13)14(19)18-16(12-17)8-10-20-11-9-16/h3-7H,8-12H2,1-2H3,(H,18,19). The van der Waals surface area contributed by atoms with E-state index in [9.17, 15) is 4.79 Å². The van der Waals surface area contributed by atoms with Crippen LogP contribution in [-0.2, 0) is 14.9 Å². The second-order valence-corrected chi connectivity index (χ2v) is 6.53. The van der Waals surface area contributed by atoms with Gasteiger partial charge in [-0.1, -0.05) is 46.3 Å². The number of hydrogen-bond donors (Lipinski definition) is 1. The maximum absolute atomic E-state index is 12.7. The van der Waals surface area contributed by atoms with Gasteiger partial charge in [-0.25, -0.2) is 0 Å². The Morgan fingerprint density at radius 3 is 2.45 bits per heavy atom. The van der Waals surface area contributed by atoms with Crippen molar-refractivity contribution in [1.29, 1.82) is 0 Å². The molecule has 110 valence electrons. The summed E-state index contributed by atoms with van der Waals surface area (Å²) in [4.78, 5) is 12.7. The predicted molar refractivity (Wildman–Crippen MR) is 84.2 cm³/mol. The van der Waals surface area contributed by atoms with Crippen LogP contribution in [0.25, 0.3) is 0 Å². The summed E-state index contributed by atoms with van der Waals surface area (Å²) in [5, 5.41) is 4.02. The molecule has 20 heavy (non-hydrogen) atoms. The molecule has 1 saturated heterocycles. The van der Waals surface area contributed by atoms with Gasteiger partial charge in [0.05, 0.1) is 11.0 Å². The Balaban J connectivity index is 2.14. The SMILES string of the molecule is CC(C)(C(=O)NC1(CBr)CCOCC1)c1ccccc1. The molecule has 0 saturated carbocycles. The van der Waals surface area contributed by atoms with Crippen molar-refractivity contribution < 1.29 is 9.53 Å². The second kappa shape index (κ2) is 6.27. The predicted octanol–water partition coefficient (Wildman–Crippen LogP) is 3.02. The number of benzene rings is 1. The lowest BCUT2D eigenvalue weighted by atomic mass is 9.82. The van der Waals surface area contributed by atoms with Crippen LogP contribution in [0.15, 0.2) is 30.3 Å². The number of carbonyl (C=O) groups is 1. The number of nitrogens with one attached hydrogen (secondary N) is 1. The van der Waals surface area contributed by atoms with Crippen molar-refractivity contribution in [1.82, 2.24) is 5.32 Å². The minimum absolute atomic E-state index is 0.0741. The second-order valence-electron chi connectivity index (χ2n) is 5.97. The third-order valence-electron chi connectivity index (χ3n) is 4.15. The van der Waals surface area contributed by atoms with E-state index >= 15 is 0 Å². The van der Waals surface area contributed by atoms with Gasteiger partial charge < -0.3 is 10.1 Å². The van der Waals surface area contributed by atoms with Gasteiger partial charge in [0.15, 0.2) is 0 Å². The summed E-state index contributed by atoms with van der Waals surface area (Å²) >= 11 is 3.55. The fraction of sp³-hybridized carbons (Fsp3) is 0.562. The zero-order valence-corrected chi connectivity index (χ0v) is 13.7. The summed E-state index contributed by atoms with van der Waals surface area (Å²) in [7, 11) is 0. The van der Waals surface area contributed by atoms with Crippen LogP contribution in [-0.4, -0.2) is 30.0 Å². The van der Waals surface area contributed by atoms with Crippen molar-refractivity contribution in [2.75, 3.05) is 18.5 Å². The number of amides is 1. The number of halogens is 1. The van der Waals surface area contributed by atoms with Gasteiger partial charge in [-0.15, -0.1) is 0 Å². The molecule has 0 bridgehead atoms. The number of ether oxygens (including phenoxy) is 1. The van der Waals surface area contributed by atoms with Gasteiger partial charge in [-0.05, 0) is 32.3 Å². The first-order chi connectivity index (χ1) is 9.50. The molecule has 3 nitrogen and oxygen atoms in total. The molecule has 4 heteroatoms. The first-order valence-corrected chi connectivity index (χ1v) is 8.14. The zero-order valence-electron chi connectivity index (χ0n) is 12.1. The highest BCUT2D eigenvalue weighted by atomic mass is 79.9. The summed E-state index contributed by atoms with van der Waals surface area (Å²) < 4.78 is 5.41. The minimum Gasteiger partial charge on any atom is -0.381 e. The molecule has 1 heterocycles. The molecule has 0 unspecified atom stereocenters. The van der Waals surface area contributed by atoms with Gasteiger partial charge in [-0.2, -0.15) is 0 Å². The average molecular weight is 340 g/mol. The summed E-state index contributed by atoms with van der Waals surface area (Å²) in [5.41, 5.74) is 0.324. The van der Waals surface area contributed by atoms with Crippen molar-refractivity contribution >= 4 is 21.8 Å². The van der Waals surface area contributed by atoms with Crippen LogP contribution in [0.3, 0.4) is 0 Å². The maximum Gasteiger partial charge on any atom is 0.230 e. The van der Waals surface area contributed by atoms with E-state index in [1.165, 1.54) is 0 Å². The fourth-order valence-corrected chi connectivity index (χ4v) is 3.14. The van der Waals surface area contributed by atoms with E-state index in [0.29, 0.717) is 13.2 Å². The maximum atomic E-state index is 12.7. The molecule has 0 atom stereocenters. The van der Waals surface area contributed by atoms with E-state index < -0.39 is 5.41 Å². The topological polar surface area (TPSA) is 38.3 Å². The van der Waals surface area contributed by atoms with E-state index in [1.807, 2.05) is 44.2 Å². The molecule has 1 aromatic carbocycles. The number of hydrogen-bond acceptors (Lipinski definition) is 2. The Morgan fingerprint density at radius 2 is 1.90 bits per heavy atom. The fourth-order valence-electron chi connectivity index (χ4n) is 2.44. The smallest absolute Gasteiger partial charge is 0.230 e. The molecule has 0 spiro atoms. The van der Waals surface area contributed by atoms with Gasteiger partial charge in [-0.3, -0.25) is 4.79 Å². The minimum atomic E-state index is -0.533. The van der Waals surface area contributed by atoms with Crippen LogP contribution >= 0.6 is 15.9 Å². The first-order valence-electron chi connectivity index (χ1n) is 7.02. The Bertz CT molecular complexity index is 453. The Morgan fingerprint density at radius 1 is 1.30 bits per heavy atom. The van der Waals surface area contributed by atoms with Crippen molar-refractivity contribution in [2.24, 2.45) is 0 Å². The van der Waals surface area contributed by atoms with Gasteiger partial charge in [0.2, 0.25) is 5.91 Å². The zero-order chi connectivity index (χ0) is 14.6. The highest BCUT2D eigenvalue weighted by molar-refractivity contribution is 9.09. The van der Waals surface area contributed by atoms with Crippen LogP contribution in [0.5, 0.6) is 0 Å². The number of alkyl halides is 1. The molecular formula is C16H22BrNO2. The quantitative estimate of drug-likeness (QED) is 0.856. The monoisotopic (exact) mass is 339 g/mol. The van der Waals surface area contributed by atoms with Gasteiger partial charge in [0, 0.05) is 18.5 Å². The van der Waals surface area contributed by atoms with Gasteiger partial charge >= 0.3 is 0 Å². The molecular weight excluding hydrogens is 318 g/mol. The Labute approximate surface area is 129 Å². The Kier molecular flexibility index (Phi) is 4.86. The molecule has 0 radical (unpaired) electrons. The molecule has 1 amide bonds. The molecule has 0 aliphatic carbocycles. The van der Waals surface area contributed by atoms with Crippen molar-refractivity contribution in [3.8, 4) is 0 Å². The van der Waals surface area contributed by atoms with E-state index in [4.69, 9.17) is 4.74 Å².